The van der Waals surface area contributed by atoms with Crippen LogP contribution in [0.15, 0.2) is 109 Å². The smallest absolute Gasteiger partial charge is 0.361 e. The summed E-state index contributed by atoms with van der Waals surface area (Å²) < 4.78 is 22.9. The Morgan fingerprint density at radius 1 is 0.403 bits per heavy atom. The van der Waals surface area contributed by atoms with Crippen molar-refractivity contribution in [3.8, 4) is 0 Å². The van der Waals surface area contributed by atoms with Crippen molar-refractivity contribution in [2.45, 2.75) is 257 Å². The van der Waals surface area contributed by atoms with Crippen molar-refractivity contribution < 1.29 is 42.9 Å². The van der Waals surface area contributed by atoms with Crippen LogP contribution >= 0.6 is 0 Å². The lowest BCUT2D eigenvalue weighted by atomic mass is 10.0. The summed E-state index contributed by atoms with van der Waals surface area (Å²) in [7, 11) is 5.96. The number of carboxylic acid groups (broad SMARTS) is 1. The van der Waals surface area contributed by atoms with Crippen molar-refractivity contribution in [3.05, 3.63) is 109 Å². The third-order valence-electron chi connectivity index (χ3n) is 13.0. The van der Waals surface area contributed by atoms with Gasteiger partial charge in [-0.05, 0) is 103 Å². The van der Waals surface area contributed by atoms with E-state index < -0.39 is 24.3 Å². The molecule has 2 atom stereocenters. The summed E-state index contributed by atoms with van der Waals surface area (Å²) in [5.41, 5.74) is 0. The number of quaternary nitrogens is 1. The van der Waals surface area contributed by atoms with Crippen LogP contribution in [0, 0.1) is 0 Å². The number of hydrogen-bond acceptors (Lipinski definition) is 7. The number of likely N-dealkylation sites (N-methyl/N-ethyl adjacent to an activating group) is 1. The van der Waals surface area contributed by atoms with Crippen molar-refractivity contribution >= 4 is 17.9 Å². The Labute approximate surface area is 473 Å². The first-order chi connectivity index (χ1) is 37.6. The van der Waals surface area contributed by atoms with Crippen molar-refractivity contribution in [2.24, 2.45) is 0 Å². The van der Waals surface area contributed by atoms with Gasteiger partial charge in [-0.2, -0.15) is 0 Å². The summed E-state index contributed by atoms with van der Waals surface area (Å²) >= 11 is 0. The lowest BCUT2D eigenvalue weighted by molar-refractivity contribution is -0.870. The predicted molar refractivity (Wildman–Crippen MR) is 327 cm³/mol. The molecule has 0 radical (unpaired) electrons. The molecule has 0 aromatic rings. The van der Waals surface area contributed by atoms with Crippen LogP contribution in [0.3, 0.4) is 0 Å². The van der Waals surface area contributed by atoms with Gasteiger partial charge in [0.1, 0.15) is 13.2 Å². The van der Waals surface area contributed by atoms with E-state index in [1.807, 2.05) is 21.1 Å². The lowest BCUT2D eigenvalue weighted by Crippen LogP contribution is -2.40. The second-order valence-electron chi connectivity index (χ2n) is 21.6. The van der Waals surface area contributed by atoms with Crippen LogP contribution in [-0.4, -0.2) is 87.4 Å². The maximum atomic E-state index is 12.9. The molecule has 0 rings (SSSR count). The van der Waals surface area contributed by atoms with E-state index in [9.17, 15) is 19.5 Å². The lowest BCUT2D eigenvalue weighted by Gasteiger charge is -2.25. The zero-order chi connectivity index (χ0) is 56.2. The summed E-state index contributed by atoms with van der Waals surface area (Å²) in [4.78, 5) is 37.4. The SMILES string of the molecule is CC/C=C\C/C=C\C/C=C\C/C=C\C/C=C\C/C=C\C/C=C\CCCCCCCCCCCCCCCCCC(=O)OC(COC(=O)CCCCCCC/C=C\C/C=C\CCCCC)COC(OCC[N+](C)(C)C)C(=O)O. The molecule has 9 heteroatoms. The maximum absolute atomic E-state index is 12.9. The van der Waals surface area contributed by atoms with Gasteiger partial charge < -0.3 is 28.5 Å². The fourth-order valence-corrected chi connectivity index (χ4v) is 8.26. The molecule has 0 amide bonds. The Morgan fingerprint density at radius 2 is 0.740 bits per heavy atom. The van der Waals surface area contributed by atoms with Crippen LogP contribution in [0.4, 0.5) is 0 Å². The monoisotopic (exact) mass is 1070 g/mol. The number of ether oxygens (including phenoxy) is 4. The zero-order valence-electron chi connectivity index (χ0n) is 50.1. The van der Waals surface area contributed by atoms with Gasteiger partial charge in [0.05, 0.1) is 34.4 Å². The Bertz CT molecular complexity index is 1630. The number of carboxylic acids is 1. The highest BCUT2D eigenvalue weighted by Gasteiger charge is 2.25. The van der Waals surface area contributed by atoms with Crippen molar-refractivity contribution in [1.82, 2.24) is 0 Å². The van der Waals surface area contributed by atoms with E-state index in [0.717, 1.165) is 103 Å². The molecule has 0 aromatic heterocycles. The van der Waals surface area contributed by atoms with Gasteiger partial charge in [-0.1, -0.05) is 239 Å². The predicted octanol–water partition coefficient (Wildman–Crippen LogP) is 18.7. The highest BCUT2D eigenvalue weighted by molar-refractivity contribution is 5.71. The number of unbranched alkanes of at least 4 members (excludes halogenated alkanes) is 23. The second-order valence-corrected chi connectivity index (χ2v) is 21.6. The Hall–Kier alpha value is -4.05. The van der Waals surface area contributed by atoms with Crippen LogP contribution in [0.5, 0.6) is 0 Å². The topological polar surface area (TPSA) is 108 Å². The van der Waals surface area contributed by atoms with Crippen molar-refractivity contribution in [1.29, 1.82) is 0 Å². The van der Waals surface area contributed by atoms with E-state index in [0.29, 0.717) is 17.4 Å². The van der Waals surface area contributed by atoms with Crippen LogP contribution in [0.2, 0.25) is 0 Å². The summed E-state index contributed by atoms with van der Waals surface area (Å²) in [6.07, 6.45) is 77.5. The molecule has 0 aliphatic rings. The molecule has 0 spiro atoms. The van der Waals surface area contributed by atoms with Crippen LogP contribution in [0.1, 0.15) is 245 Å². The fraction of sp³-hybridized carbons (Fsp3) is 0.691. The fourth-order valence-electron chi connectivity index (χ4n) is 8.26. The molecule has 0 aliphatic carbocycles. The third kappa shape index (κ3) is 59.5. The molecule has 440 valence electrons. The van der Waals surface area contributed by atoms with Gasteiger partial charge in [0.25, 0.3) is 6.29 Å². The van der Waals surface area contributed by atoms with E-state index in [1.54, 1.807) is 0 Å². The number of rotatable bonds is 56. The van der Waals surface area contributed by atoms with Crippen LogP contribution < -0.4 is 0 Å². The third-order valence-corrected chi connectivity index (χ3v) is 13.0. The molecule has 0 heterocycles. The minimum Gasteiger partial charge on any atom is -0.477 e. The quantitative estimate of drug-likeness (QED) is 0.0211. The van der Waals surface area contributed by atoms with Gasteiger partial charge in [0, 0.05) is 12.8 Å². The zero-order valence-corrected chi connectivity index (χ0v) is 50.1. The molecule has 0 bridgehead atoms. The summed E-state index contributed by atoms with van der Waals surface area (Å²) in [5.74, 6) is -2.03. The summed E-state index contributed by atoms with van der Waals surface area (Å²) in [6.45, 7) is 4.72. The molecule has 0 saturated heterocycles. The van der Waals surface area contributed by atoms with Crippen LogP contribution in [-0.2, 0) is 33.3 Å². The molecular formula is C68H116NO8+. The van der Waals surface area contributed by atoms with Gasteiger partial charge >= 0.3 is 17.9 Å². The van der Waals surface area contributed by atoms with E-state index in [2.05, 4.69) is 123 Å². The second kappa shape index (κ2) is 58.1. The summed E-state index contributed by atoms with van der Waals surface area (Å²) in [5, 5.41) is 9.70. The minimum atomic E-state index is -1.52. The molecule has 77 heavy (non-hydrogen) atoms. The largest absolute Gasteiger partial charge is 0.477 e. The highest BCUT2D eigenvalue weighted by atomic mass is 16.7. The molecule has 0 aromatic carbocycles. The van der Waals surface area contributed by atoms with Gasteiger partial charge in [-0.25, -0.2) is 4.79 Å². The first kappa shape index (κ1) is 73.0. The number of aliphatic carboxylic acids is 1. The number of esters is 2. The molecular weight excluding hydrogens is 959 g/mol. The summed E-state index contributed by atoms with van der Waals surface area (Å²) in [6, 6.07) is 0. The van der Waals surface area contributed by atoms with E-state index in [-0.39, 0.29) is 38.6 Å². The molecule has 1 N–H and O–H groups in total. The van der Waals surface area contributed by atoms with Crippen LogP contribution in [0.25, 0.3) is 0 Å². The average molecular weight is 1080 g/mol. The Morgan fingerprint density at radius 3 is 1.10 bits per heavy atom. The number of carbonyl (C=O) groups is 3. The number of allylic oxidation sites excluding steroid dienone is 18. The molecule has 0 saturated carbocycles. The van der Waals surface area contributed by atoms with Crippen molar-refractivity contribution in [2.75, 3.05) is 47.5 Å². The van der Waals surface area contributed by atoms with Gasteiger partial charge in [-0.15, -0.1) is 0 Å². The molecule has 0 aliphatic heterocycles. The first-order valence-corrected chi connectivity index (χ1v) is 31.1. The van der Waals surface area contributed by atoms with E-state index in [4.69, 9.17) is 18.9 Å². The first-order valence-electron chi connectivity index (χ1n) is 31.1. The maximum Gasteiger partial charge on any atom is 0.361 e. The number of nitrogens with zero attached hydrogens (tertiary/aromatic N) is 1. The molecule has 0 fully saturated rings. The number of carbonyl (C=O) groups excluding carboxylic acids is 2. The standard InChI is InChI=1S/C68H115NO8/c1-6-8-10-12-14-16-18-20-22-23-24-25-26-27-28-29-30-31-32-33-34-35-36-37-38-39-40-41-42-43-45-47-49-51-53-55-57-59-66(71)77-64(63-76-68(67(72)73)74-61-60-69(3,4)5)62-75-65(70)58-56-54-52-50-48-46-44-21-19-17-15-13-11-9-7-2/h8,10,14-17,20-22,24-25,27-28,30-31,33-34,44,64,68H,6-7,9,11-13,18-19,23,26,29,32,35-43,45-63H2,1-5H3/p+1/b10-8-,16-14-,17-15-,22-20-,25-24-,28-27-,31-30-,34-33-,44-21-. The van der Waals surface area contributed by atoms with Gasteiger partial charge in [0.2, 0.25) is 0 Å². The molecule has 9 nitrogen and oxygen atoms in total. The Balaban J connectivity index is 4.11. The van der Waals surface area contributed by atoms with E-state index >= 15 is 0 Å². The van der Waals surface area contributed by atoms with Gasteiger partial charge in [0.15, 0.2) is 6.10 Å². The van der Waals surface area contributed by atoms with Gasteiger partial charge in [-0.3, -0.25) is 9.59 Å². The normalized spacial score (nSPS) is 13.5. The highest BCUT2D eigenvalue weighted by Crippen LogP contribution is 2.16. The Kier molecular flexibility index (Phi) is 55.1. The van der Waals surface area contributed by atoms with E-state index in [1.165, 1.54) is 109 Å². The number of hydrogen-bond donors (Lipinski definition) is 1. The van der Waals surface area contributed by atoms with Crippen molar-refractivity contribution in [3.63, 3.8) is 0 Å². The molecule has 2 unspecified atom stereocenters. The minimum absolute atomic E-state index is 0.182. The average Bonchev–Trinajstić information content (AvgIpc) is 3.40.